The van der Waals surface area contributed by atoms with Crippen LogP contribution in [-0.2, 0) is 0 Å². The Morgan fingerprint density at radius 2 is 1.71 bits per heavy atom. The highest BCUT2D eigenvalue weighted by atomic mass is 35.5. The molecule has 0 aliphatic rings. The van der Waals surface area contributed by atoms with Crippen LogP contribution in [0.15, 0.2) is 33.9 Å². The largest absolute Gasteiger partial charge is 0.494 e. The van der Waals surface area contributed by atoms with Crippen LogP contribution in [-0.4, -0.2) is 14.7 Å². The van der Waals surface area contributed by atoms with E-state index in [0.29, 0.717) is 10.6 Å². The second-order valence-electron chi connectivity index (χ2n) is 5.32. The second-order valence-corrected chi connectivity index (χ2v) is 5.76. The molecule has 112 valence electrons. The number of benzene rings is 1. The summed E-state index contributed by atoms with van der Waals surface area (Å²) in [5.74, 6) is -0.204. The van der Waals surface area contributed by atoms with Gasteiger partial charge in [-0.25, -0.2) is 4.79 Å². The molecule has 2 rings (SSSR count). The summed E-state index contributed by atoms with van der Waals surface area (Å²) in [4.78, 5) is 26.3. The fourth-order valence-corrected chi connectivity index (χ4v) is 2.22. The van der Waals surface area contributed by atoms with E-state index >= 15 is 0 Å². The van der Waals surface area contributed by atoms with Gasteiger partial charge in [-0.05, 0) is 30.5 Å². The summed E-state index contributed by atoms with van der Waals surface area (Å²) in [7, 11) is 0. The van der Waals surface area contributed by atoms with Crippen LogP contribution in [0.25, 0.3) is 11.1 Å². The van der Waals surface area contributed by atoms with Crippen molar-refractivity contribution in [3.63, 3.8) is 0 Å². The minimum atomic E-state index is -0.618. The second kappa shape index (κ2) is 5.77. The number of hydrogen-bond donors (Lipinski definition) is 2. The standard InChI is InChI=1S/C15H17ClN2O3/c1-8(2)9(3)18-14(20)12(13(19)17-15(18)21)10-4-6-11(16)7-5-10/h4-9,20H,1-3H3,(H,17,19,21). The summed E-state index contributed by atoms with van der Waals surface area (Å²) in [6.45, 7) is 5.68. The summed E-state index contributed by atoms with van der Waals surface area (Å²) in [6.07, 6.45) is 0. The van der Waals surface area contributed by atoms with E-state index < -0.39 is 11.2 Å². The molecule has 1 heterocycles. The summed E-state index contributed by atoms with van der Waals surface area (Å²) in [5, 5.41) is 10.9. The lowest BCUT2D eigenvalue weighted by atomic mass is 10.0. The normalized spacial score (nSPS) is 12.6. The van der Waals surface area contributed by atoms with Gasteiger partial charge in [0, 0.05) is 11.1 Å². The van der Waals surface area contributed by atoms with Crippen LogP contribution in [0.2, 0.25) is 5.02 Å². The van der Waals surface area contributed by atoms with Crippen molar-refractivity contribution in [2.75, 3.05) is 0 Å². The Hall–Kier alpha value is -2.01. The van der Waals surface area contributed by atoms with Gasteiger partial charge < -0.3 is 5.11 Å². The highest BCUT2D eigenvalue weighted by Gasteiger charge is 2.21. The van der Waals surface area contributed by atoms with Crippen molar-refractivity contribution in [3.05, 3.63) is 50.1 Å². The quantitative estimate of drug-likeness (QED) is 0.915. The van der Waals surface area contributed by atoms with Crippen LogP contribution in [0.4, 0.5) is 0 Å². The van der Waals surface area contributed by atoms with Crippen molar-refractivity contribution in [2.24, 2.45) is 5.92 Å². The Kier molecular flexibility index (Phi) is 4.23. The van der Waals surface area contributed by atoms with Gasteiger partial charge >= 0.3 is 5.69 Å². The average Bonchev–Trinajstić information content (AvgIpc) is 2.40. The van der Waals surface area contributed by atoms with Gasteiger partial charge in [0.2, 0.25) is 5.88 Å². The van der Waals surface area contributed by atoms with Crippen molar-refractivity contribution >= 4 is 11.6 Å². The van der Waals surface area contributed by atoms with E-state index in [1.165, 1.54) is 4.57 Å². The number of aromatic nitrogens is 2. The highest BCUT2D eigenvalue weighted by molar-refractivity contribution is 6.30. The first-order chi connectivity index (χ1) is 9.82. The molecule has 1 atom stereocenters. The Labute approximate surface area is 126 Å². The van der Waals surface area contributed by atoms with Crippen LogP contribution in [0.1, 0.15) is 26.8 Å². The Bertz CT molecular complexity index is 760. The topological polar surface area (TPSA) is 75.1 Å². The molecule has 0 saturated carbocycles. The number of nitrogens with one attached hydrogen (secondary N) is 1. The molecule has 21 heavy (non-hydrogen) atoms. The zero-order valence-electron chi connectivity index (χ0n) is 12.1. The molecule has 5 nitrogen and oxygen atoms in total. The van der Waals surface area contributed by atoms with Gasteiger partial charge in [0.05, 0.1) is 0 Å². The lowest BCUT2D eigenvalue weighted by Gasteiger charge is -2.21. The first kappa shape index (κ1) is 15.4. The van der Waals surface area contributed by atoms with E-state index in [9.17, 15) is 14.7 Å². The molecule has 0 fully saturated rings. The van der Waals surface area contributed by atoms with Crippen LogP contribution in [0, 0.1) is 5.92 Å². The summed E-state index contributed by atoms with van der Waals surface area (Å²) in [6, 6.07) is 6.25. The molecular weight excluding hydrogens is 292 g/mol. The monoisotopic (exact) mass is 308 g/mol. The van der Waals surface area contributed by atoms with E-state index in [1.807, 2.05) is 20.8 Å². The van der Waals surface area contributed by atoms with Crippen LogP contribution in [0.3, 0.4) is 0 Å². The molecule has 0 bridgehead atoms. The van der Waals surface area contributed by atoms with Gasteiger partial charge in [-0.1, -0.05) is 37.6 Å². The summed E-state index contributed by atoms with van der Waals surface area (Å²) >= 11 is 5.82. The highest BCUT2D eigenvalue weighted by Crippen LogP contribution is 2.28. The van der Waals surface area contributed by atoms with E-state index in [4.69, 9.17) is 11.6 Å². The molecule has 0 radical (unpaired) electrons. The minimum Gasteiger partial charge on any atom is -0.494 e. The molecule has 1 aromatic carbocycles. The first-order valence-corrected chi connectivity index (χ1v) is 7.04. The molecule has 1 unspecified atom stereocenters. The van der Waals surface area contributed by atoms with Crippen molar-refractivity contribution in [3.8, 4) is 17.0 Å². The maximum atomic E-state index is 12.0. The van der Waals surface area contributed by atoms with Crippen LogP contribution < -0.4 is 11.2 Å². The average molecular weight is 309 g/mol. The van der Waals surface area contributed by atoms with Crippen molar-refractivity contribution in [1.82, 2.24) is 9.55 Å². The number of hydrogen-bond acceptors (Lipinski definition) is 3. The van der Waals surface area contributed by atoms with Gasteiger partial charge in [-0.3, -0.25) is 14.3 Å². The minimum absolute atomic E-state index is 0.0683. The predicted molar refractivity (Wildman–Crippen MR) is 83.0 cm³/mol. The Morgan fingerprint density at radius 1 is 1.14 bits per heavy atom. The van der Waals surface area contributed by atoms with Crippen LogP contribution in [0.5, 0.6) is 5.88 Å². The molecule has 6 heteroatoms. The van der Waals surface area contributed by atoms with Crippen molar-refractivity contribution < 1.29 is 5.11 Å². The molecule has 2 N–H and O–H groups in total. The Morgan fingerprint density at radius 3 is 2.24 bits per heavy atom. The van der Waals surface area contributed by atoms with E-state index in [-0.39, 0.29) is 23.4 Å². The molecule has 0 amide bonds. The fraction of sp³-hybridized carbons (Fsp3) is 0.333. The maximum Gasteiger partial charge on any atom is 0.331 e. The molecule has 2 aromatic rings. The Balaban J connectivity index is 2.73. The molecule has 0 spiro atoms. The molecule has 0 saturated heterocycles. The van der Waals surface area contributed by atoms with E-state index in [0.717, 1.165) is 0 Å². The molecule has 1 aromatic heterocycles. The number of rotatable bonds is 3. The zero-order valence-corrected chi connectivity index (χ0v) is 12.8. The van der Waals surface area contributed by atoms with Gasteiger partial charge in [0.25, 0.3) is 5.56 Å². The molecule has 0 aliphatic heterocycles. The third-order valence-electron chi connectivity index (χ3n) is 3.62. The number of aromatic hydroxyl groups is 1. The lowest BCUT2D eigenvalue weighted by molar-refractivity contribution is 0.326. The maximum absolute atomic E-state index is 12.0. The number of halogens is 1. The van der Waals surface area contributed by atoms with Gasteiger partial charge in [0.1, 0.15) is 5.56 Å². The predicted octanol–water partition coefficient (Wildman–Crippen LogP) is 2.78. The van der Waals surface area contributed by atoms with Gasteiger partial charge in [-0.2, -0.15) is 0 Å². The fourth-order valence-electron chi connectivity index (χ4n) is 2.09. The zero-order chi connectivity index (χ0) is 15.7. The van der Waals surface area contributed by atoms with Crippen molar-refractivity contribution in [1.29, 1.82) is 0 Å². The number of aromatic amines is 1. The molecular formula is C15H17ClN2O3. The van der Waals surface area contributed by atoms with Gasteiger partial charge in [0.15, 0.2) is 0 Å². The van der Waals surface area contributed by atoms with Crippen LogP contribution >= 0.6 is 11.6 Å². The SMILES string of the molecule is CC(C)C(C)n1c(O)c(-c2ccc(Cl)cc2)c(=O)[nH]c1=O. The van der Waals surface area contributed by atoms with Crippen molar-refractivity contribution in [2.45, 2.75) is 26.8 Å². The summed E-state index contributed by atoms with van der Waals surface area (Å²) < 4.78 is 1.20. The first-order valence-electron chi connectivity index (χ1n) is 6.66. The number of H-pyrrole nitrogens is 1. The third kappa shape index (κ3) is 2.88. The van der Waals surface area contributed by atoms with Gasteiger partial charge in [-0.15, -0.1) is 0 Å². The molecule has 0 aliphatic carbocycles. The third-order valence-corrected chi connectivity index (χ3v) is 3.88. The van der Waals surface area contributed by atoms with E-state index in [1.54, 1.807) is 24.3 Å². The smallest absolute Gasteiger partial charge is 0.331 e. The van der Waals surface area contributed by atoms with E-state index in [2.05, 4.69) is 4.98 Å². The lowest BCUT2D eigenvalue weighted by Crippen LogP contribution is -2.34. The number of nitrogens with zero attached hydrogens (tertiary/aromatic N) is 1. The summed E-state index contributed by atoms with van der Waals surface area (Å²) in [5.41, 5.74) is -0.662.